The molecule has 11 heteroatoms. The van der Waals surface area contributed by atoms with Gasteiger partial charge < -0.3 is 29.6 Å². The predicted molar refractivity (Wildman–Crippen MR) is 108 cm³/mol. The summed E-state index contributed by atoms with van der Waals surface area (Å²) in [5, 5.41) is 16.8. The molecule has 0 heterocycles. The van der Waals surface area contributed by atoms with E-state index in [0.717, 1.165) is 0 Å². The summed E-state index contributed by atoms with van der Waals surface area (Å²) in [5.41, 5.74) is -0.145. The van der Waals surface area contributed by atoms with Crippen molar-refractivity contribution in [1.82, 2.24) is 0 Å². The molecule has 30 heavy (non-hydrogen) atoms. The van der Waals surface area contributed by atoms with Crippen LogP contribution in [0.1, 0.15) is 10.4 Å². The molecule has 0 fully saturated rings. The number of nitro benzene ring substituents is 1. The molecular formula is C19H21N3O8. The fourth-order valence-electron chi connectivity index (χ4n) is 2.70. The maximum Gasteiger partial charge on any atom is 0.327 e. The van der Waals surface area contributed by atoms with Crippen molar-refractivity contribution in [2.45, 2.75) is 0 Å². The van der Waals surface area contributed by atoms with Gasteiger partial charge in [0.05, 0.1) is 26.3 Å². The summed E-state index contributed by atoms with van der Waals surface area (Å²) in [5.74, 6) is -1.31. The van der Waals surface area contributed by atoms with Gasteiger partial charge in [0.1, 0.15) is 12.2 Å². The van der Waals surface area contributed by atoms with Crippen molar-refractivity contribution in [2.75, 3.05) is 45.7 Å². The lowest BCUT2D eigenvalue weighted by Gasteiger charge is -2.15. The van der Waals surface area contributed by atoms with E-state index in [-0.39, 0.29) is 35.3 Å². The molecule has 160 valence electrons. The number of methoxy groups -OCH3 is 4. The van der Waals surface area contributed by atoms with Gasteiger partial charge in [-0.25, -0.2) is 0 Å². The second kappa shape index (κ2) is 10.1. The van der Waals surface area contributed by atoms with E-state index in [1.807, 2.05) is 0 Å². The van der Waals surface area contributed by atoms with Gasteiger partial charge >= 0.3 is 5.69 Å². The zero-order valence-corrected chi connectivity index (χ0v) is 16.8. The summed E-state index contributed by atoms with van der Waals surface area (Å²) in [4.78, 5) is 35.4. The molecule has 0 aliphatic rings. The SMILES string of the molecule is COCC(=O)Nc1cccc(NC(=O)c2cc(OC)c(OC)c(OC)c2[N+](=O)[O-])c1. The van der Waals surface area contributed by atoms with Gasteiger partial charge in [-0.3, -0.25) is 19.7 Å². The van der Waals surface area contributed by atoms with Gasteiger partial charge in [0, 0.05) is 24.6 Å². The first-order valence-corrected chi connectivity index (χ1v) is 8.53. The molecule has 2 rings (SSSR count). The first kappa shape index (κ1) is 22.4. The Morgan fingerprint density at radius 3 is 2.13 bits per heavy atom. The summed E-state index contributed by atoms with van der Waals surface area (Å²) < 4.78 is 20.2. The Morgan fingerprint density at radius 1 is 0.967 bits per heavy atom. The lowest BCUT2D eigenvalue weighted by molar-refractivity contribution is -0.386. The summed E-state index contributed by atoms with van der Waals surface area (Å²) in [6, 6.07) is 7.47. The van der Waals surface area contributed by atoms with E-state index in [0.29, 0.717) is 11.4 Å². The lowest BCUT2D eigenvalue weighted by Crippen LogP contribution is -2.18. The maximum absolute atomic E-state index is 12.8. The van der Waals surface area contributed by atoms with E-state index >= 15 is 0 Å². The molecule has 11 nitrogen and oxygen atoms in total. The van der Waals surface area contributed by atoms with E-state index in [1.165, 1.54) is 40.6 Å². The van der Waals surface area contributed by atoms with E-state index in [1.54, 1.807) is 18.2 Å². The molecule has 2 aromatic carbocycles. The molecule has 2 aromatic rings. The second-order valence-electron chi connectivity index (χ2n) is 5.81. The standard InChI is InChI=1S/C19H21N3O8/c1-27-10-15(23)20-11-6-5-7-12(8-11)21-19(24)13-9-14(28-2)17(29-3)18(30-4)16(13)22(25)26/h5-9H,10H2,1-4H3,(H,20,23)(H,21,24). The van der Waals surface area contributed by atoms with Crippen LogP contribution in [0.15, 0.2) is 30.3 Å². The van der Waals surface area contributed by atoms with Crippen LogP contribution in [-0.2, 0) is 9.53 Å². The minimum atomic E-state index is -0.777. The van der Waals surface area contributed by atoms with Gasteiger partial charge in [-0.2, -0.15) is 0 Å². The third kappa shape index (κ3) is 4.94. The number of hydrogen-bond acceptors (Lipinski definition) is 8. The van der Waals surface area contributed by atoms with Crippen molar-refractivity contribution in [2.24, 2.45) is 0 Å². The van der Waals surface area contributed by atoms with Crippen molar-refractivity contribution in [3.63, 3.8) is 0 Å². The van der Waals surface area contributed by atoms with Crippen LogP contribution in [0.25, 0.3) is 0 Å². The molecule has 0 aromatic heterocycles. The third-order valence-corrected chi connectivity index (χ3v) is 3.91. The lowest BCUT2D eigenvalue weighted by atomic mass is 10.1. The number of nitrogens with zero attached hydrogens (tertiary/aromatic N) is 1. The van der Waals surface area contributed by atoms with Crippen LogP contribution in [0, 0.1) is 10.1 Å². The Kier molecular flexibility index (Phi) is 7.53. The van der Waals surface area contributed by atoms with Crippen LogP contribution in [0.2, 0.25) is 0 Å². The van der Waals surface area contributed by atoms with Gasteiger partial charge in [0.15, 0.2) is 5.75 Å². The van der Waals surface area contributed by atoms with Gasteiger partial charge in [-0.1, -0.05) is 6.07 Å². The highest BCUT2D eigenvalue weighted by molar-refractivity contribution is 6.09. The maximum atomic E-state index is 12.8. The Balaban J connectivity index is 2.42. The number of benzene rings is 2. The number of nitrogens with one attached hydrogen (secondary N) is 2. The zero-order valence-electron chi connectivity index (χ0n) is 16.8. The first-order chi connectivity index (χ1) is 14.4. The summed E-state index contributed by atoms with van der Waals surface area (Å²) in [7, 11) is 5.24. The van der Waals surface area contributed by atoms with E-state index in [2.05, 4.69) is 10.6 Å². The van der Waals surface area contributed by atoms with E-state index in [4.69, 9.17) is 18.9 Å². The molecule has 0 bridgehead atoms. The van der Waals surface area contributed by atoms with E-state index < -0.39 is 16.5 Å². The highest BCUT2D eigenvalue weighted by Gasteiger charge is 2.32. The van der Waals surface area contributed by atoms with Gasteiger partial charge in [-0.05, 0) is 18.2 Å². The van der Waals surface area contributed by atoms with Crippen molar-refractivity contribution in [1.29, 1.82) is 0 Å². The number of hydrogen-bond donors (Lipinski definition) is 2. The molecule has 0 aliphatic heterocycles. The topological polar surface area (TPSA) is 138 Å². The average molecular weight is 419 g/mol. The fraction of sp³-hybridized carbons (Fsp3) is 0.263. The monoisotopic (exact) mass is 419 g/mol. The molecule has 0 atom stereocenters. The third-order valence-electron chi connectivity index (χ3n) is 3.91. The van der Waals surface area contributed by atoms with Crippen LogP contribution in [0.4, 0.5) is 17.1 Å². The van der Waals surface area contributed by atoms with Gasteiger partial charge in [0.25, 0.3) is 5.91 Å². The molecule has 2 N–H and O–H groups in total. The van der Waals surface area contributed by atoms with Crippen LogP contribution < -0.4 is 24.8 Å². The number of ether oxygens (including phenoxy) is 4. The molecule has 2 amide bonds. The number of amides is 2. The number of nitro groups is 1. The number of carbonyl (C=O) groups is 2. The Hall–Kier alpha value is -3.86. The Bertz CT molecular complexity index is 961. The number of rotatable bonds is 9. The molecule has 0 unspecified atom stereocenters. The minimum absolute atomic E-state index is 0.00824. The first-order valence-electron chi connectivity index (χ1n) is 8.53. The molecule has 0 saturated carbocycles. The molecular weight excluding hydrogens is 398 g/mol. The molecule has 0 radical (unpaired) electrons. The smallest absolute Gasteiger partial charge is 0.327 e. The molecule has 0 spiro atoms. The zero-order chi connectivity index (χ0) is 22.3. The highest BCUT2D eigenvalue weighted by atomic mass is 16.6. The highest BCUT2D eigenvalue weighted by Crippen LogP contribution is 2.46. The van der Waals surface area contributed by atoms with Gasteiger partial charge in [-0.15, -0.1) is 0 Å². The van der Waals surface area contributed by atoms with Crippen LogP contribution in [0.3, 0.4) is 0 Å². The summed E-state index contributed by atoms with van der Waals surface area (Å²) in [6.07, 6.45) is 0. The largest absolute Gasteiger partial charge is 0.493 e. The molecule has 0 saturated heterocycles. The van der Waals surface area contributed by atoms with Crippen LogP contribution >= 0.6 is 0 Å². The van der Waals surface area contributed by atoms with Crippen molar-refractivity contribution < 1.29 is 33.5 Å². The Morgan fingerprint density at radius 2 is 1.60 bits per heavy atom. The van der Waals surface area contributed by atoms with Crippen molar-refractivity contribution in [3.05, 3.63) is 46.0 Å². The van der Waals surface area contributed by atoms with Crippen LogP contribution in [0.5, 0.6) is 17.2 Å². The number of carbonyl (C=O) groups excluding carboxylic acids is 2. The predicted octanol–water partition coefficient (Wildman–Crippen LogP) is 2.46. The van der Waals surface area contributed by atoms with Gasteiger partial charge in [0.2, 0.25) is 17.4 Å². The average Bonchev–Trinajstić information content (AvgIpc) is 2.72. The summed E-state index contributed by atoms with van der Waals surface area (Å²) in [6.45, 7) is -0.131. The Labute approximate surface area is 172 Å². The van der Waals surface area contributed by atoms with E-state index in [9.17, 15) is 19.7 Å². The summed E-state index contributed by atoms with van der Waals surface area (Å²) >= 11 is 0. The quantitative estimate of drug-likeness (QED) is 0.467. The van der Waals surface area contributed by atoms with Crippen LogP contribution in [-0.4, -0.2) is 51.8 Å². The van der Waals surface area contributed by atoms with Crippen molar-refractivity contribution >= 4 is 28.9 Å². The second-order valence-corrected chi connectivity index (χ2v) is 5.81. The fourth-order valence-corrected chi connectivity index (χ4v) is 2.70. The minimum Gasteiger partial charge on any atom is -0.493 e. The molecule has 0 aliphatic carbocycles. The normalized spacial score (nSPS) is 10.1. The number of anilines is 2. The van der Waals surface area contributed by atoms with Crippen molar-refractivity contribution in [3.8, 4) is 17.2 Å².